The molecule has 0 spiro atoms. The summed E-state index contributed by atoms with van der Waals surface area (Å²) in [5.41, 5.74) is 1.53. The monoisotopic (exact) mass is 373 g/mol. The first kappa shape index (κ1) is 18.1. The van der Waals surface area contributed by atoms with Gasteiger partial charge in [0, 0.05) is 18.4 Å². The van der Waals surface area contributed by atoms with E-state index in [1.165, 1.54) is 24.3 Å². The molecule has 1 N–H and O–H groups in total. The zero-order chi connectivity index (χ0) is 18.7. The molecule has 2 heterocycles. The Morgan fingerprint density at radius 3 is 2.77 bits per heavy atom. The van der Waals surface area contributed by atoms with Crippen molar-refractivity contribution in [1.82, 2.24) is 14.1 Å². The molecule has 0 fully saturated rings. The molecule has 0 bridgehead atoms. The molecule has 0 saturated heterocycles. The highest BCUT2D eigenvalue weighted by atomic mass is 32.2. The summed E-state index contributed by atoms with van der Waals surface area (Å²) in [5, 5.41) is 0. The summed E-state index contributed by atoms with van der Waals surface area (Å²) in [4.78, 5) is 16.6. The number of nitrogens with one attached hydrogen (secondary N) is 1. The number of hydrogen-bond donors (Lipinski definition) is 1. The summed E-state index contributed by atoms with van der Waals surface area (Å²) in [6.07, 6.45) is 3.62. The van der Waals surface area contributed by atoms with Crippen LogP contribution in [0.15, 0.2) is 59.8 Å². The van der Waals surface area contributed by atoms with Crippen LogP contribution in [0.3, 0.4) is 0 Å². The molecule has 0 amide bonds. The van der Waals surface area contributed by atoms with Gasteiger partial charge in [-0.3, -0.25) is 0 Å². The van der Waals surface area contributed by atoms with Crippen molar-refractivity contribution in [2.75, 3.05) is 0 Å². The van der Waals surface area contributed by atoms with Gasteiger partial charge < -0.3 is 9.14 Å². The molecule has 3 aromatic rings. The van der Waals surface area contributed by atoms with Crippen molar-refractivity contribution < 1.29 is 17.9 Å². The van der Waals surface area contributed by atoms with Gasteiger partial charge in [-0.15, -0.1) is 0 Å². The number of benzene rings is 1. The molecule has 3 rings (SSSR count). The lowest BCUT2D eigenvalue weighted by atomic mass is 10.2. The van der Waals surface area contributed by atoms with Gasteiger partial charge in [-0.1, -0.05) is 12.1 Å². The van der Waals surface area contributed by atoms with E-state index in [-0.39, 0.29) is 23.1 Å². The van der Waals surface area contributed by atoms with Crippen LogP contribution in [-0.4, -0.2) is 29.8 Å². The molecule has 0 atom stereocenters. The SMILES string of the molecule is CC(C)NS(=O)(=O)c1cccc(C(=O)OCc2cn3ccccc3n2)c1. The van der Waals surface area contributed by atoms with E-state index in [0.29, 0.717) is 5.69 Å². The number of rotatable bonds is 6. The summed E-state index contributed by atoms with van der Waals surface area (Å²) >= 11 is 0. The second-order valence-electron chi connectivity index (χ2n) is 6.08. The Bertz CT molecular complexity index is 1010. The molecule has 26 heavy (non-hydrogen) atoms. The number of sulfonamides is 1. The Balaban J connectivity index is 1.72. The van der Waals surface area contributed by atoms with Crippen molar-refractivity contribution in [3.8, 4) is 0 Å². The molecular weight excluding hydrogens is 354 g/mol. The summed E-state index contributed by atoms with van der Waals surface area (Å²) in [7, 11) is -3.67. The third-order valence-corrected chi connectivity index (χ3v) is 5.19. The maximum Gasteiger partial charge on any atom is 0.338 e. The predicted molar refractivity (Wildman–Crippen MR) is 96.2 cm³/mol. The number of aromatic nitrogens is 2. The Morgan fingerprint density at radius 2 is 2.04 bits per heavy atom. The van der Waals surface area contributed by atoms with Crippen molar-refractivity contribution in [3.63, 3.8) is 0 Å². The highest BCUT2D eigenvalue weighted by molar-refractivity contribution is 7.89. The molecule has 2 aromatic heterocycles. The first-order valence-corrected chi connectivity index (χ1v) is 9.55. The van der Waals surface area contributed by atoms with Crippen LogP contribution in [0.4, 0.5) is 0 Å². The highest BCUT2D eigenvalue weighted by Crippen LogP contribution is 2.14. The van der Waals surface area contributed by atoms with E-state index in [9.17, 15) is 13.2 Å². The van der Waals surface area contributed by atoms with E-state index >= 15 is 0 Å². The third kappa shape index (κ3) is 4.09. The normalized spacial score (nSPS) is 11.8. The Kier molecular flexibility index (Phi) is 5.06. The second kappa shape index (κ2) is 7.27. The Hall–Kier alpha value is -2.71. The Labute approximate surface area is 151 Å². The topological polar surface area (TPSA) is 89.8 Å². The number of fused-ring (bicyclic) bond motifs is 1. The van der Waals surface area contributed by atoms with E-state index in [2.05, 4.69) is 9.71 Å². The van der Waals surface area contributed by atoms with Crippen LogP contribution >= 0.6 is 0 Å². The smallest absolute Gasteiger partial charge is 0.338 e. The quantitative estimate of drug-likeness (QED) is 0.670. The first-order valence-electron chi connectivity index (χ1n) is 8.07. The number of nitrogens with zero attached hydrogens (tertiary/aromatic N) is 2. The van der Waals surface area contributed by atoms with E-state index in [1.807, 2.05) is 28.8 Å². The highest BCUT2D eigenvalue weighted by Gasteiger charge is 2.18. The van der Waals surface area contributed by atoms with Gasteiger partial charge in [-0.25, -0.2) is 22.9 Å². The van der Waals surface area contributed by atoms with Crippen molar-refractivity contribution in [3.05, 3.63) is 66.1 Å². The zero-order valence-electron chi connectivity index (χ0n) is 14.4. The minimum absolute atomic E-state index is 0.00172. The van der Waals surface area contributed by atoms with Gasteiger partial charge in [0.15, 0.2) is 0 Å². The number of hydrogen-bond acceptors (Lipinski definition) is 5. The third-order valence-electron chi connectivity index (χ3n) is 3.54. The van der Waals surface area contributed by atoms with Crippen LogP contribution in [0.1, 0.15) is 29.9 Å². The van der Waals surface area contributed by atoms with Gasteiger partial charge in [0.25, 0.3) is 0 Å². The van der Waals surface area contributed by atoms with Crippen LogP contribution in [0, 0.1) is 0 Å². The maximum absolute atomic E-state index is 12.3. The van der Waals surface area contributed by atoms with Gasteiger partial charge >= 0.3 is 5.97 Å². The predicted octanol–water partition coefficient (Wildman–Crippen LogP) is 2.38. The van der Waals surface area contributed by atoms with Crippen molar-refractivity contribution in [2.24, 2.45) is 0 Å². The van der Waals surface area contributed by atoms with Crippen LogP contribution in [0.2, 0.25) is 0 Å². The summed E-state index contributed by atoms with van der Waals surface area (Å²) in [6, 6.07) is 11.1. The standard InChI is InChI=1S/C18H19N3O4S/c1-13(2)20-26(23,24)16-7-5-6-14(10-16)18(22)25-12-15-11-21-9-4-3-8-17(21)19-15/h3-11,13,20H,12H2,1-2H3. The fraction of sp³-hybridized carbons (Fsp3) is 0.222. The van der Waals surface area contributed by atoms with Gasteiger partial charge in [0.1, 0.15) is 12.3 Å². The molecule has 0 aliphatic heterocycles. The molecule has 0 radical (unpaired) electrons. The number of esters is 1. The molecular formula is C18H19N3O4S. The van der Waals surface area contributed by atoms with E-state index in [4.69, 9.17) is 4.74 Å². The van der Waals surface area contributed by atoms with Crippen LogP contribution < -0.4 is 4.72 Å². The fourth-order valence-corrected chi connectivity index (χ4v) is 3.74. The average molecular weight is 373 g/mol. The zero-order valence-corrected chi connectivity index (χ0v) is 15.2. The minimum atomic E-state index is -3.67. The van der Waals surface area contributed by atoms with E-state index in [0.717, 1.165) is 5.65 Å². The molecule has 136 valence electrons. The van der Waals surface area contributed by atoms with E-state index < -0.39 is 16.0 Å². The van der Waals surface area contributed by atoms with Crippen molar-refractivity contribution in [2.45, 2.75) is 31.4 Å². The summed E-state index contributed by atoms with van der Waals surface area (Å²) < 4.78 is 34.0. The molecule has 0 saturated carbocycles. The lowest BCUT2D eigenvalue weighted by Crippen LogP contribution is -2.30. The number of ether oxygens (including phenoxy) is 1. The number of carbonyl (C=O) groups excluding carboxylic acids is 1. The molecule has 8 heteroatoms. The number of carbonyl (C=O) groups is 1. The molecule has 0 aliphatic carbocycles. The van der Waals surface area contributed by atoms with Crippen molar-refractivity contribution in [1.29, 1.82) is 0 Å². The van der Waals surface area contributed by atoms with Gasteiger partial charge in [-0.05, 0) is 44.2 Å². The van der Waals surface area contributed by atoms with E-state index in [1.54, 1.807) is 20.0 Å². The number of pyridine rings is 1. The Morgan fingerprint density at radius 1 is 1.23 bits per heavy atom. The van der Waals surface area contributed by atoms with Crippen molar-refractivity contribution >= 4 is 21.6 Å². The van der Waals surface area contributed by atoms with Gasteiger partial charge in [0.2, 0.25) is 10.0 Å². The first-order chi connectivity index (χ1) is 12.3. The molecule has 0 aliphatic rings. The number of imidazole rings is 1. The van der Waals surface area contributed by atoms with Gasteiger partial charge in [0.05, 0.1) is 16.2 Å². The van der Waals surface area contributed by atoms with Crippen LogP contribution in [0.5, 0.6) is 0 Å². The summed E-state index contributed by atoms with van der Waals surface area (Å²) in [6.45, 7) is 3.46. The largest absolute Gasteiger partial charge is 0.456 e. The summed E-state index contributed by atoms with van der Waals surface area (Å²) in [5.74, 6) is -0.608. The van der Waals surface area contributed by atoms with Gasteiger partial charge in [-0.2, -0.15) is 0 Å². The second-order valence-corrected chi connectivity index (χ2v) is 7.79. The van der Waals surface area contributed by atoms with Crippen LogP contribution in [-0.2, 0) is 21.4 Å². The fourth-order valence-electron chi connectivity index (χ4n) is 2.45. The average Bonchev–Trinajstić information content (AvgIpc) is 3.01. The minimum Gasteiger partial charge on any atom is -0.456 e. The maximum atomic E-state index is 12.3. The van der Waals surface area contributed by atoms with Crippen LogP contribution in [0.25, 0.3) is 5.65 Å². The lowest BCUT2D eigenvalue weighted by Gasteiger charge is -2.10. The lowest BCUT2D eigenvalue weighted by molar-refractivity contribution is 0.0468. The molecule has 0 unspecified atom stereocenters. The molecule has 7 nitrogen and oxygen atoms in total. The molecule has 1 aromatic carbocycles.